The summed E-state index contributed by atoms with van der Waals surface area (Å²) in [7, 11) is 1.58. The molecule has 2 rings (SSSR count). The van der Waals surface area contributed by atoms with Gasteiger partial charge < -0.3 is 9.84 Å². The Morgan fingerprint density at radius 1 is 1.53 bits per heavy atom. The second kappa shape index (κ2) is 6.23. The number of aryl methyl sites for hydroxylation is 1. The Hall–Kier alpha value is -0.600. The second-order valence-electron chi connectivity index (χ2n) is 3.98. The molecule has 2 aromatic rings. The predicted molar refractivity (Wildman–Crippen MR) is 85.4 cm³/mol. The van der Waals surface area contributed by atoms with Crippen molar-refractivity contribution >= 4 is 38.5 Å². The average Bonchev–Trinajstić information content (AvgIpc) is 2.83. The standard InChI is InChI=1S/C13H14BrIN2O2/c1-3-17-12(11(19-2)7-16-17)13(18)9-6-8(15)4-5-10(9)14/h4-7,13,18H,3H2,1-2H3. The molecule has 1 atom stereocenters. The molecule has 4 nitrogen and oxygen atoms in total. The van der Waals surface area contributed by atoms with E-state index in [2.05, 4.69) is 43.6 Å². The molecule has 0 aliphatic rings. The third-order valence-electron chi connectivity index (χ3n) is 2.88. The molecule has 0 saturated carbocycles. The molecule has 0 saturated heterocycles. The van der Waals surface area contributed by atoms with Crippen molar-refractivity contribution in [2.24, 2.45) is 0 Å². The van der Waals surface area contributed by atoms with E-state index >= 15 is 0 Å². The molecular weight excluding hydrogens is 423 g/mol. The van der Waals surface area contributed by atoms with Crippen molar-refractivity contribution in [2.75, 3.05) is 7.11 Å². The van der Waals surface area contributed by atoms with Gasteiger partial charge in [-0.3, -0.25) is 4.68 Å². The lowest BCUT2D eigenvalue weighted by Crippen LogP contribution is -2.11. The Balaban J connectivity index is 2.51. The van der Waals surface area contributed by atoms with E-state index in [-0.39, 0.29) is 0 Å². The SMILES string of the molecule is CCn1ncc(OC)c1C(O)c1cc(I)ccc1Br. The van der Waals surface area contributed by atoms with Crippen molar-refractivity contribution in [3.8, 4) is 5.75 Å². The quantitative estimate of drug-likeness (QED) is 0.747. The Kier molecular flexibility index (Phi) is 4.86. The summed E-state index contributed by atoms with van der Waals surface area (Å²) in [5.74, 6) is 0.597. The van der Waals surface area contributed by atoms with Crippen LogP contribution in [0.2, 0.25) is 0 Å². The summed E-state index contributed by atoms with van der Waals surface area (Å²) in [4.78, 5) is 0. The number of ether oxygens (including phenoxy) is 1. The summed E-state index contributed by atoms with van der Waals surface area (Å²) < 4.78 is 8.96. The first-order valence-corrected chi connectivity index (χ1v) is 7.68. The van der Waals surface area contributed by atoms with Crippen LogP contribution in [0.4, 0.5) is 0 Å². The lowest BCUT2D eigenvalue weighted by molar-refractivity contribution is 0.202. The maximum absolute atomic E-state index is 10.6. The zero-order valence-electron chi connectivity index (χ0n) is 10.6. The molecule has 1 N–H and O–H groups in total. The molecule has 6 heteroatoms. The largest absolute Gasteiger partial charge is 0.493 e. The third-order valence-corrected chi connectivity index (χ3v) is 4.27. The van der Waals surface area contributed by atoms with Crippen LogP contribution in [0.15, 0.2) is 28.9 Å². The van der Waals surface area contributed by atoms with Crippen molar-refractivity contribution in [1.82, 2.24) is 9.78 Å². The van der Waals surface area contributed by atoms with E-state index in [1.807, 2.05) is 25.1 Å². The molecule has 0 radical (unpaired) electrons. The molecule has 19 heavy (non-hydrogen) atoms. The second-order valence-corrected chi connectivity index (χ2v) is 6.08. The van der Waals surface area contributed by atoms with Gasteiger partial charge in [0, 0.05) is 20.2 Å². The maximum atomic E-state index is 10.6. The van der Waals surface area contributed by atoms with Crippen molar-refractivity contribution < 1.29 is 9.84 Å². The third kappa shape index (κ3) is 2.95. The topological polar surface area (TPSA) is 47.3 Å². The zero-order valence-corrected chi connectivity index (χ0v) is 14.3. The summed E-state index contributed by atoms with van der Waals surface area (Å²) in [6.45, 7) is 2.66. The summed E-state index contributed by atoms with van der Waals surface area (Å²) in [6, 6.07) is 5.86. The minimum Gasteiger partial charge on any atom is -0.493 e. The van der Waals surface area contributed by atoms with Crippen molar-refractivity contribution in [3.63, 3.8) is 0 Å². The molecule has 0 fully saturated rings. The van der Waals surface area contributed by atoms with Gasteiger partial charge in [-0.15, -0.1) is 0 Å². The molecule has 1 aromatic carbocycles. The van der Waals surface area contributed by atoms with Gasteiger partial charge in [0.05, 0.1) is 13.3 Å². The summed E-state index contributed by atoms with van der Waals surface area (Å²) in [5.41, 5.74) is 1.48. The normalized spacial score (nSPS) is 12.5. The van der Waals surface area contributed by atoms with E-state index in [9.17, 15) is 5.11 Å². The minimum absolute atomic E-state index is 0.597. The lowest BCUT2D eigenvalue weighted by atomic mass is 10.1. The monoisotopic (exact) mass is 436 g/mol. The fraction of sp³-hybridized carbons (Fsp3) is 0.308. The molecule has 102 valence electrons. The van der Waals surface area contributed by atoms with Crippen LogP contribution in [0, 0.1) is 3.57 Å². The van der Waals surface area contributed by atoms with Crippen LogP contribution in [0.5, 0.6) is 5.75 Å². The van der Waals surface area contributed by atoms with Gasteiger partial charge in [-0.25, -0.2) is 0 Å². The number of aromatic nitrogens is 2. The lowest BCUT2D eigenvalue weighted by Gasteiger charge is -2.16. The van der Waals surface area contributed by atoms with E-state index in [4.69, 9.17) is 4.74 Å². The van der Waals surface area contributed by atoms with Crippen LogP contribution in [0.3, 0.4) is 0 Å². The molecule has 0 spiro atoms. The molecule has 0 aliphatic heterocycles. The van der Waals surface area contributed by atoms with Gasteiger partial charge in [0.2, 0.25) is 0 Å². The molecular formula is C13H14BrIN2O2. The van der Waals surface area contributed by atoms with E-state index < -0.39 is 6.10 Å². The van der Waals surface area contributed by atoms with Gasteiger partial charge >= 0.3 is 0 Å². The number of aliphatic hydroxyl groups excluding tert-OH is 1. The Morgan fingerprint density at radius 2 is 2.26 bits per heavy atom. The van der Waals surface area contributed by atoms with E-state index in [0.29, 0.717) is 18.0 Å². The van der Waals surface area contributed by atoms with E-state index in [1.165, 1.54) is 0 Å². The van der Waals surface area contributed by atoms with Crippen LogP contribution in [0.1, 0.15) is 24.3 Å². The van der Waals surface area contributed by atoms with Crippen LogP contribution in [-0.2, 0) is 6.54 Å². The highest BCUT2D eigenvalue weighted by atomic mass is 127. The van der Waals surface area contributed by atoms with Gasteiger partial charge in [-0.1, -0.05) is 15.9 Å². The molecule has 1 heterocycles. The Morgan fingerprint density at radius 3 is 2.89 bits per heavy atom. The van der Waals surface area contributed by atoms with Gasteiger partial charge in [-0.05, 0) is 47.7 Å². The Bertz CT molecular complexity index is 565. The first-order chi connectivity index (χ1) is 9.08. The van der Waals surface area contributed by atoms with Gasteiger partial charge in [0.15, 0.2) is 5.75 Å². The highest BCUT2D eigenvalue weighted by Crippen LogP contribution is 2.34. The highest BCUT2D eigenvalue weighted by molar-refractivity contribution is 14.1. The molecule has 0 bridgehead atoms. The van der Waals surface area contributed by atoms with Gasteiger partial charge in [-0.2, -0.15) is 5.10 Å². The van der Waals surface area contributed by atoms with Crippen molar-refractivity contribution in [3.05, 3.63) is 43.7 Å². The molecule has 0 aliphatic carbocycles. The van der Waals surface area contributed by atoms with Crippen LogP contribution < -0.4 is 4.74 Å². The molecule has 0 amide bonds. The number of rotatable bonds is 4. The number of benzene rings is 1. The number of aliphatic hydroxyl groups is 1. The van der Waals surface area contributed by atoms with Gasteiger partial charge in [0.25, 0.3) is 0 Å². The number of methoxy groups -OCH3 is 1. The Labute approximate surface area is 134 Å². The maximum Gasteiger partial charge on any atom is 0.163 e. The van der Waals surface area contributed by atoms with Crippen LogP contribution in [-0.4, -0.2) is 22.0 Å². The molecule has 1 aromatic heterocycles. The first-order valence-electron chi connectivity index (χ1n) is 5.81. The minimum atomic E-state index is -0.776. The number of hydrogen-bond donors (Lipinski definition) is 1. The number of hydrogen-bond acceptors (Lipinski definition) is 3. The molecule has 1 unspecified atom stereocenters. The summed E-state index contributed by atoms with van der Waals surface area (Å²) in [5, 5.41) is 14.9. The fourth-order valence-corrected chi connectivity index (χ4v) is 2.91. The van der Waals surface area contributed by atoms with Crippen molar-refractivity contribution in [2.45, 2.75) is 19.6 Å². The van der Waals surface area contributed by atoms with Crippen molar-refractivity contribution in [1.29, 1.82) is 0 Å². The predicted octanol–water partition coefficient (Wildman–Crippen LogP) is 3.36. The average molecular weight is 437 g/mol. The van der Waals surface area contributed by atoms with Gasteiger partial charge in [0.1, 0.15) is 11.8 Å². The summed E-state index contributed by atoms with van der Waals surface area (Å²) in [6.07, 6.45) is 0.852. The summed E-state index contributed by atoms with van der Waals surface area (Å²) >= 11 is 5.70. The van der Waals surface area contributed by atoms with Crippen LogP contribution in [0.25, 0.3) is 0 Å². The highest BCUT2D eigenvalue weighted by Gasteiger charge is 2.23. The number of halogens is 2. The first kappa shape index (κ1) is 14.8. The van der Waals surface area contributed by atoms with E-state index in [1.54, 1.807) is 18.0 Å². The smallest absolute Gasteiger partial charge is 0.163 e. The van der Waals surface area contributed by atoms with Crippen LogP contribution >= 0.6 is 38.5 Å². The number of nitrogens with zero attached hydrogens (tertiary/aromatic N) is 2. The fourth-order valence-electron chi connectivity index (χ4n) is 1.93. The zero-order chi connectivity index (χ0) is 14.0. The van der Waals surface area contributed by atoms with E-state index in [0.717, 1.165) is 13.6 Å².